The van der Waals surface area contributed by atoms with E-state index in [-0.39, 0.29) is 49.6 Å². The Bertz CT molecular complexity index is 1160. The van der Waals surface area contributed by atoms with E-state index in [0.29, 0.717) is 29.4 Å². The van der Waals surface area contributed by atoms with Crippen LogP contribution in [-0.2, 0) is 4.74 Å². The third kappa shape index (κ3) is 11.3. The number of nitrogens with one attached hydrogen (secondary N) is 3. The Labute approximate surface area is 245 Å². The molecule has 0 atom stereocenters. The van der Waals surface area contributed by atoms with Crippen molar-refractivity contribution in [3.05, 3.63) is 54.4 Å². The first kappa shape index (κ1) is 34.6. The fraction of sp³-hybridized carbons (Fsp3) is 0.484. The van der Waals surface area contributed by atoms with Gasteiger partial charge >= 0.3 is 12.2 Å². The molecule has 0 heterocycles. The average Bonchev–Trinajstić information content (AvgIpc) is 2.94. The van der Waals surface area contributed by atoms with E-state index in [1.807, 2.05) is 0 Å². The largest absolute Gasteiger partial charge is 0.491 e. The van der Waals surface area contributed by atoms with Gasteiger partial charge in [-0.1, -0.05) is 33.3 Å². The van der Waals surface area contributed by atoms with Gasteiger partial charge in [-0.3, -0.25) is 4.99 Å². The van der Waals surface area contributed by atoms with Gasteiger partial charge in [-0.15, -0.1) is 0 Å². The summed E-state index contributed by atoms with van der Waals surface area (Å²) in [4.78, 5) is 16.5. The van der Waals surface area contributed by atoms with Crippen molar-refractivity contribution < 1.29 is 31.8 Å². The van der Waals surface area contributed by atoms with Gasteiger partial charge < -0.3 is 25.4 Å². The van der Waals surface area contributed by atoms with Gasteiger partial charge in [0.05, 0.1) is 23.8 Å². The van der Waals surface area contributed by atoms with Crippen molar-refractivity contribution in [3.8, 4) is 5.75 Å². The van der Waals surface area contributed by atoms with Crippen molar-refractivity contribution in [1.29, 1.82) is 0 Å². The van der Waals surface area contributed by atoms with Crippen LogP contribution in [0.15, 0.2) is 48.0 Å². The van der Waals surface area contributed by atoms with E-state index in [2.05, 4.69) is 41.4 Å². The Morgan fingerprint density at radius 2 is 1.62 bits per heavy atom. The zero-order valence-electron chi connectivity index (χ0n) is 24.7. The molecule has 42 heavy (non-hydrogen) atoms. The third-order valence-electron chi connectivity index (χ3n) is 6.63. The molecule has 2 aromatic rings. The monoisotopic (exact) mass is 594 g/mol. The van der Waals surface area contributed by atoms with Crippen LogP contribution in [-0.4, -0.2) is 44.8 Å². The van der Waals surface area contributed by atoms with Crippen LogP contribution < -0.4 is 20.7 Å². The normalized spacial score (nSPS) is 16.8. The molecular weight excluding hydrogens is 552 g/mol. The molecule has 1 aliphatic rings. The van der Waals surface area contributed by atoms with Gasteiger partial charge in [0.25, 0.3) is 0 Å². The number of benzene rings is 2. The van der Waals surface area contributed by atoms with E-state index in [4.69, 9.17) is 9.47 Å². The second-order valence-corrected chi connectivity index (χ2v) is 9.90. The lowest BCUT2D eigenvalue weighted by Crippen LogP contribution is -2.41. The van der Waals surface area contributed by atoms with Gasteiger partial charge in [-0.25, -0.2) is 9.18 Å². The Morgan fingerprint density at radius 1 is 1.02 bits per heavy atom. The summed E-state index contributed by atoms with van der Waals surface area (Å²) in [5.41, 5.74) is 1.89. The van der Waals surface area contributed by atoms with E-state index < -0.39 is 23.9 Å². The predicted octanol–water partition coefficient (Wildman–Crippen LogP) is 8.70. The molecule has 7 nitrogen and oxygen atoms in total. The average molecular weight is 595 g/mol. The number of ether oxygens (including phenoxy) is 2. The molecule has 0 saturated heterocycles. The maximum absolute atomic E-state index is 15.0. The van der Waals surface area contributed by atoms with E-state index in [1.54, 1.807) is 44.4 Å². The fourth-order valence-electron chi connectivity index (χ4n) is 4.23. The summed E-state index contributed by atoms with van der Waals surface area (Å²) in [6, 6.07) is 8.73. The first-order chi connectivity index (χ1) is 20.0. The van der Waals surface area contributed by atoms with E-state index in [0.717, 1.165) is 0 Å². The molecule has 3 N–H and O–H groups in total. The highest BCUT2D eigenvalue weighted by Gasteiger charge is 2.41. The van der Waals surface area contributed by atoms with Crippen molar-refractivity contribution in [2.24, 2.45) is 10.9 Å². The molecule has 1 saturated carbocycles. The van der Waals surface area contributed by atoms with Gasteiger partial charge in [-0.05, 0) is 56.9 Å². The molecule has 11 heteroatoms. The van der Waals surface area contributed by atoms with Crippen molar-refractivity contribution in [3.63, 3.8) is 0 Å². The molecule has 0 bridgehead atoms. The Hall–Kier alpha value is -3.60. The summed E-state index contributed by atoms with van der Waals surface area (Å²) in [6.45, 7) is 10.7. The third-order valence-corrected chi connectivity index (χ3v) is 6.63. The number of hydrogen-bond acceptors (Lipinski definition) is 5. The molecule has 0 spiro atoms. The van der Waals surface area contributed by atoms with Crippen molar-refractivity contribution >= 4 is 35.0 Å². The number of amides is 2. The molecule has 0 aliphatic heterocycles. The van der Waals surface area contributed by atoms with Gasteiger partial charge in [0.2, 0.25) is 0 Å². The van der Waals surface area contributed by atoms with E-state index in [9.17, 15) is 22.4 Å². The maximum atomic E-state index is 15.0. The molecule has 2 amide bonds. The Balaban J connectivity index is 0.00000144. The zero-order valence-corrected chi connectivity index (χ0v) is 24.7. The molecule has 3 rings (SSSR count). The Morgan fingerprint density at radius 3 is 2.14 bits per heavy atom. The lowest BCUT2D eigenvalue weighted by molar-refractivity contribution is -0.182. The molecule has 1 fully saturated rings. The quantitative estimate of drug-likeness (QED) is 0.138. The number of hydrogen-bond donors (Lipinski definition) is 3. The molecule has 232 valence electrons. The second-order valence-electron chi connectivity index (χ2n) is 9.90. The van der Waals surface area contributed by atoms with Crippen molar-refractivity contribution in [1.82, 2.24) is 5.32 Å². The van der Waals surface area contributed by atoms with Crippen molar-refractivity contribution in [2.45, 2.75) is 71.5 Å². The summed E-state index contributed by atoms with van der Waals surface area (Å²) in [5, 5.41) is 8.46. The smallest absolute Gasteiger partial charge is 0.391 e. The van der Waals surface area contributed by atoms with Crippen LogP contribution in [0.5, 0.6) is 5.75 Å². The maximum Gasteiger partial charge on any atom is 0.391 e. The number of alkyl halides is 3. The van der Waals surface area contributed by atoms with Gasteiger partial charge in [-0.2, -0.15) is 13.2 Å². The summed E-state index contributed by atoms with van der Waals surface area (Å²) in [6.07, 6.45) is 0.569. The number of anilines is 2. The SMILES string of the molecule is C=C(Nc1ccc(NC(=O)NC2CCC(C(F)(F)F)CC2)cc1)c1c(F)cc(OCCOC)cc1N=CC.CCCC. The highest BCUT2D eigenvalue weighted by atomic mass is 19.4. The van der Waals surface area contributed by atoms with E-state index in [1.165, 1.54) is 25.1 Å². The van der Waals surface area contributed by atoms with Gasteiger partial charge in [0.1, 0.15) is 18.2 Å². The number of methoxy groups -OCH3 is 1. The number of halogens is 4. The van der Waals surface area contributed by atoms with E-state index >= 15 is 0 Å². The molecule has 0 unspecified atom stereocenters. The molecule has 2 aromatic carbocycles. The number of aliphatic imine (C=N–C) groups is 1. The van der Waals surface area contributed by atoms with Crippen LogP contribution in [0.4, 0.5) is 39.4 Å². The fourth-order valence-corrected chi connectivity index (χ4v) is 4.23. The summed E-state index contributed by atoms with van der Waals surface area (Å²) < 4.78 is 63.9. The van der Waals surface area contributed by atoms with Gasteiger partial charge in [0, 0.05) is 48.6 Å². The molecule has 0 radical (unpaired) electrons. The first-order valence-corrected chi connectivity index (χ1v) is 14.2. The number of carbonyl (C=O) groups is 1. The topological polar surface area (TPSA) is 84.0 Å². The minimum absolute atomic E-state index is 0.00808. The number of carbonyl (C=O) groups excluding carboxylic acids is 1. The minimum atomic E-state index is -4.19. The van der Waals surface area contributed by atoms with Crippen LogP contribution in [0.3, 0.4) is 0 Å². The van der Waals surface area contributed by atoms with Crippen LogP contribution >= 0.6 is 0 Å². The number of rotatable bonds is 11. The predicted molar refractivity (Wildman–Crippen MR) is 161 cm³/mol. The van der Waals surface area contributed by atoms with Crippen LogP contribution in [0, 0.1) is 11.7 Å². The summed E-state index contributed by atoms with van der Waals surface area (Å²) in [5.74, 6) is -1.54. The second kappa shape index (κ2) is 17.4. The number of unbranched alkanes of at least 4 members (excludes halogenated alkanes) is 1. The lowest BCUT2D eigenvalue weighted by atomic mass is 9.86. The minimum Gasteiger partial charge on any atom is -0.491 e. The van der Waals surface area contributed by atoms with Gasteiger partial charge in [0.15, 0.2) is 0 Å². The molecular formula is C31H42F4N4O3. The van der Waals surface area contributed by atoms with Crippen LogP contribution in [0.1, 0.15) is 64.9 Å². The standard InChI is InChI=1S/C27H32F4N4O3.C4H10/c1-4-32-24-16-22(38-14-13-37-3)15-23(28)25(24)17(2)33-19-9-11-21(12-10-19)35-26(36)34-20-7-5-18(6-8-20)27(29,30)31;1-3-4-2/h4,9-12,15-16,18,20,33H,2,5-8,13-14H2,1,3H3,(H2,34,35,36);3-4H2,1-2H3. The summed E-state index contributed by atoms with van der Waals surface area (Å²) >= 11 is 0. The lowest BCUT2D eigenvalue weighted by Gasteiger charge is -2.30. The number of urea groups is 1. The molecule has 0 aromatic heterocycles. The first-order valence-electron chi connectivity index (χ1n) is 14.2. The van der Waals surface area contributed by atoms with Crippen LogP contribution in [0.25, 0.3) is 5.70 Å². The van der Waals surface area contributed by atoms with Crippen LogP contribution in [0.2, 0.25) is 0 Å². The van der Waals surface area contributed by atoms with Crippen molar-refractivity contribution in [2.75, 3.05) is 31.0 Å². The number of nitrogens with zero attached hydrogens (tertiary/aromatic N) is 1. The highest BCUT2D eigenvalue weighted by Crippen LogP contribution is 2.37. The highest BCUT2D eigenvalue weighted by molar-refractivity contribution is 5.90. The Kier molecular flexibility index (Phi) is 14.3. The molecule has 1 aliphatic carbocycles. The zero-order chi connectivity index (χ0) is 31.1. The summed E-state index contributed by atoms with van der Waals surface area (Å²) in [7, 11) is 1.54.